The molecule has 0 rings (SSSR count). The van der Waals surface area contributed by atoms with Crippen molar-refractivity contribution in [3.8, 4) is 0 Å². The summed E-state index contributed by atoms with van der Waals surface area (Å²) in [6.45, 7) is 3.06. The second kappa shape index (κ2) is 6.55. The van der Waals surface area contributed by atoms with E-state index in [1.807, 2.05) is 0 Å². The molecule has 0 atom stereocenters. The third-order valence-corrected chi connectivity index (χ3v) is 0.850. The molecule has 0 N–H and O–H groups in total. The van der Waals surface area contributed by atoms with E-state index < -0.39 is 15.6 Å². The Hall–Kier alpha value is 0.110. The maximum absolute atomic E-state index is 10.7. The molecule has 0 spiro atoms. The van der Waals surface area contributed by atoms with Gasteiger partial charge in [0.2, 0.25) is 0 Å². The predicted molar refractivity (Wildman–Crippen MR) is 32.1 cm³/mol. The van der Waals surface area contributed by atoms with Crippen molar-refractivity contribution in [2.24, 2.45) is 0 Å². The van der Waals surface area contributed by atoms with E-state index in [-0.39, 0.29) is 28.2 Å². The molecule has 13 heavy (non-hydrogen) atoms. The van der Waals surface area contributed by atoms with Gasteiger partial charge in [-0.3, -0.25) is 0 Å². The summed E-state index contributed by atoms with van der Waals surface area (Å²) in [5.74, 6) is 0.167. The van der Waals surface area contributed by atoms with Gasteiger partial charge in [-0.2, -0.15) is 13.2 Å². The molecule has 0 unspecified atom stereocenters. The van der Waals surface area contributed by atoms with Gasteiger partial charge in [-0.1, -0.05) is 0 Å². The maximum Gasteiger partial charge on any atom is 1.00 e. The summed E-state index contributed by atoms with van der Waals surface area (Å²) < 4.78 is 58.9. The van der Waals surface area contributed by atoms with Crippen molar-refractivity contribution < 1.29 is 53.3 Å². The molecule has 0 heterocycles. The third-order valence-electron chi connectivity index (χ3n) is 0.283. The smallest absolute Gasteiger partial charge is 0.741 e. The summed E-state index contributed by atoms with van der Waals surface area (Å²) in [6.07, 6.45) is 0. The first-order valence-electron chi connectivity index (χ1n) is 2.48. The number of alkyl halides is 3. The maximum atomic E-state index is 10.7. The Morgan fingerprint density at radius 2 is 1.31 bits per heavy atom. The van der Waals surface area contributed by atoms with E-state index in [9.17, 15) is 18.0 Å². The standard InChI is InChI=1S/C3H6O.CHF3O3S.Ag/c1-3(2)4;2-1(3,4)8(5,6)7;/h1-2H3;(H,5,6,7);/q;;+1/p-1. The Labute approximate surface area is 88.8 Å². The number of hydrogen-bond acceptors (Lipinski definition) is 4. The second-order valence-corrected chi connectivity index (χ2v) is 3.18. The molecule has 0 saturated heterocycles. The van der Waals surface area contributed by atoms with Crippen LogP contribution in [0.15, 0.2) is 0 Å². The number of hydrogen-bond donors (Lipinski definition) is 0. The average molecular weight is 315 g/mol. The minimum Gasteiger partial charge on any atom is -0.741 e. The number of rotatable bonds is 0. The van der Waals surface area contributed by atoms with Gasteiger partial charge < -0.3 is 9.35 Å². The molecule has 4 nitrogen and oxygen atoms in total. The van der Waals surface area contributed by atoms with E-state index in [0.29, 0.717) is 0 Å². The van der Waals surface area contributed by atoms with Crippen LogP contribution in [0.2, 0.25) is 0 Å². The van der Waals surface area contributed by atoms with Crippen LogP contribution in [-0.4, -0.2) is 24.3 Å². The van der Waals surface area contributed by atoms with Crippen molar-refractivity contribution >= 4 is 15.9 Å². The number of halogens is 3. The zero-order chi connectivity index (χ0) is 10.6. The van der Waals surface area contributed by atoms with Crippen LogP contribution in [0.3, 0.4) is 0 Å². The fourth-order valence-corrected chi connectivity index (χ4v) is 0. The molecule has 0 aromatic rings. The molecule has 84 valence electrons. The monoisotopic (exact) mass is 314 g/mol. The van der Waals surface area contributed by atoms with Gasteiger partial charge in [0.1, 0.15) is 5.78 Å². The largest absolute Gasteiger partial charge is 1.00 e. The Kier molecular flexibility index (Phi) is 9.47. The molecule has 9 heteroatoms. The van der Waals surface area contributed by atoms with Crippen LogP contribution in [0.25, 0.3) is 0 Å². The minimum atomic E-state index is -6.09. The molecule has 0 aliphatic carbocycles. The number of ketones is 1. The summed E-state index contributed by atoms with van der Waals surface area (Å²) in [6, 6.07) is 0. The number of Topliss-reactive ketones (excluding diaryl/α,β-unsaturated/α-hetero) is 1. The normalized spacial score (nSPS) is 10.6. The summed E-state index contributed by atoms with van der Waals surface area (Å²) >= 11 is 0. The molecule has 0 radical (unpaired) electrons. The van der Waals surface area contributed by atoms with Gasteiger partial charge in [0.05, 0.1) is 0 Å². The van der Waals surface area contributed by atoms with Crippen molar-refractivity contribution in [1.29, 1.82) is 0 Å². The zero-order valence-electron chi connectivity index (χ0n) is 6.48. The van der Waals surface area contributed by atoms with Gasteiger partial charge >= 0.3 is 27.9 Å². The van der Waals surface area contributed by atoms with E-state index in [2.05, 4.69) is 0 Å². The van der Waals surface area contributed by atoms with Crippen LogP contribution < -0.4 is 0 Å². The Morgan fingerprint density at radius 1 is 1.23 bits per heavy atom. The van der Waals surface area contributed by atoms with Gasteiger partial charge in [-0.05, 0) is 13.8 Å². The van der Waals surface area contributed by atoms with Crippen molar-refractivity contribution in [3.63, 3.8) is 0 Å². The van der Waals surface area contributed by atoms with Crippen LogP contribution in [0, 0.1) is 0 Å². The molecule has 0 bridgehead atoms. The van der Waals surface area contributed by atoms with Crippen LogP contribution >= 0.6 is 0 Å². The quantitative estimate of drug-likeness (QED) is 0.374. The molecular formula is C4H6AgF3O4S. The van der Waals surface area contributed by atoms with Gasteiger partial charge in [0.25, 0.3) is 0 Å². The molecule has 0 aliphatic rings. The average Bonchev–Trinajstić information content (AvgIpc) is 1.55. The predicted octanol–water partition coefficient (Wildman–Crippen LogP) is 0.644. The van der Waals surface area contributed by atoms with Gasteiger partial charge in [0, 0.05) is 0 Å². The second-order valence-electron chi connectivity index (χ2n) is 1.81. The SMILES string of the molecule is CC(C)=O.O=S(=O)([O-])C(F)(F)F.[Ag+]. The van der Waals surface area contributed by atoms with E-state index in [0.717, 1.165) is 0 Å². The third kappa shape index (κ3) is 14.9. The van der Waals surface area contributed by atoms with Crippen molar-refractivity contribution in [2.75, 3.05) is 0 Å². The molecule has 0 aromatic carbocycles. The Morgan fingerprint density at radius 3 is 1.31 bits per heavy atom. The van der Waals surface area contributed by atoms with Crippen molar-refractivity contribution in [3.05, 3.63) is 0 Å². The van der Waals surface area contributed by atoms with E-state index in [1.165, 1.54) is 13.8 Å². The summed E-state index contributed by atoms with van der Waals surface area (Å²) in [5.41, 5.74) is -5.65. The van der Waals surface area contributed by atoms with Gasteiger partial charge in [-0.15, -0.1) is 0 Å². The molecular weight excluding hydrogens is 309 g/mol. The van der Waals surface area contributed by atoms with Crippen LogP contribution in [-0.2, 0) is 37.3 Å². The zero-order valence-corrected chi connectivity index (χ0v) is 8.78. The minimum absolute atomic E-state index is 0. The first-order chi connectivity index (χ1) is 4.98. The topological polar surface area (TPSA) is 74.3 Å². The van der Waals surface area contributed by atoms with Gasteiger partial charge in [-0.25, -0.2) is 8.42 Å². The Bertz CT molecular complexity index is 241. The van der Waals surface area contributed by atoms with Gasteiger partial charge in [0.15, 0.2) is 10.1 Å². The fourth-order valence-electron chi connectivity index (χ4n) is 0. The van der Waals surface area contributed by atoms with Crippen LogP contribution in [0.1, 0.15) is 13.8 Å². The molecule has 0 aliphatic heterocycles. The van der Waals surface area contributed by atoms with Crippen molar-refractivity contribution in [2.45, 2.75) is 19.4 Å². The summed E-state index contributed by atoms with van der Waals surface area (Å²) in [5, 5.41) is 0. The van der Waals surface area contributed by atoms with Crippen LogP contribution in [0.5, 0.6) is 0 Å². The van der Waals surface area contributed by atoms with Crippen molar-refractivity contribution in [1.82, 2.24) is 0 Å². The van der Waals surface area contributed by atoms with E-state index in [4.69, 9.17) is 13.0 Å². The first-order valence-corrected chi connectivity index (χ1v) is 3.88. The molecule has 0 saturated carbocycles. The first kappa shape index (κ1) is 18.8. The number of carbonyl (C=O) groups excluding carboxylic acids is 1. The van der Waals surface area contributed by atoms with Crippen LogP contribution in [0.4, 0.5) is 13.2 Å². The summed E-state index contributed by atoms with van der Waals surface area (Å²) in [4.78, 5) is 9.44. The van der Waals surface area contributed by atoms with E-state index in [1.54, 1.807) is 0 Å². The summed E-state index contributed by atoms with van der Waals surface area (Å²) in [7, 11) is -6.09. The molecule has 0 amide bonds. The molecule has 0 aromatic heterocycles. The van der Waals surface area contributed by atoms with E-state index >= 15 is 0 Å². The number of carbonyl (C=O) groups is 1. The Balaban J connectivity index is -0.000000173. The fraction of sp³-hybridized carbons (Fsp3) is 0.750. The molecule has 0 fully saturated rings.